The number of methoxy groups -OCH3 is 1. The van der Waals surface area contributed by atoms with Crippen LogP contribution in [0.25, 0.3) is 21.9 Å². The van der Waals surface area contributed by atoms with Gasteiger partial charge in [-0.2, -0.15) is 0 Å². The summed E-state index contributed by atoms with van der Waals surface area (Å²) in [5.74, 6) is 1.19. The molecular formula is C19H22Cl2N4O. The molecule has 3 rings (SSSR count). The number of anilines is 1. The van der Waals surface area contributed by atoms with Crippen molar-refractivity contribution in [1.82, 2.24) is 14.9 Å². The van der Waals surface area contributed by atoms with Gasteiger partial charge in [-0.25, -0.2) is 9.97 Å². The lowest BCUT2D eigenvalue weighted by Gasteiger charge is -2.20. The average molecular weight is 393 g/mol. The predicted molar refractivity (Wildman–Crippen MR) is 110 cm³/mol. The summed E-state index contributed by atoms with van der Waals surface area (Å²) in [7, 11) is 1.61. The summed E-state index contributed by atoms with van der Waals surface area (Å²) in [6.07, 6.45) is 0. The summed E-state index contributed by atoms with van der Waals surface area (Å²) in [5, 5.41) is 5.19. The van der Waals surface area contributed by atoms with E-state index in [9.17, 15) is 0 Å². The fourth-order valence-electron chi connectivity index (χ4n) is 2.95. The van der Waals surface area contributed by atoms with Crippen LogP contribution in [0, 0.1) is 0 Å². The Labute approximate surface area is 163 Å². The number of rotatable bonds is 8. The van der Waals surface area contributed by atoms with Crippen LogP contribution >= 0.6 is 23.2 Å². The number of aromatic nitrogens is 2. The Kier molecular flexibility index (Phi) is 6.35. The second kappa shape index (κ2) is 8.71. The normalized spacial score (nSPS) is 11.4. The van der Waals surface area contributed by atoms with E-state index in [0.29, 0.717) is 16.8 Å². The van der Waals surface area contributed by atoms with Gasteiger partial charge in [0.25, 0.3) is 0 Å². The Bertz CT molecular complexity index is 903. The molecule has 2 aromatic heterocycles. The molecule has 26 heavy (non-hydrogen) atoms. The molecule has 2 heterocycles. The van der Waals surface area contributed by atoms with Crippen LogP contribution in [-0.4, -0.2) is 54.0 Å². The van der Waals surface area contributed by atoms with Gasteiger partial charge in [0.15, 0.2) is 0 Å². The molecule has 3 aromatic rings. The van der Waals surface area contributed by atoms with Gasteiger partial charge in [-0.15, -0.1) is 11.6 Å². The fraction of sp³-hybridized carbons (Fsp3) is 0.368. The molecule has 0 saturated heterocycles. The number of fused-ring (bicyclic) bond motifs is 2. The van der Waals surface area contributed by atoms with Crippen LogP contribution in [0.5, 0.6) is 5.88 Å². The first-order valence-electron chi connectivity index (χ1n) is 8.62. The van der Waals surface area contributed by atoms with Crippen molar-refractivity contribution in [3.63, 3.8) is 0 Å². The van der Waals surface area contributed by atoms with E-state index in [0.717, 1.165) is 53.8 Å². The molecule has 0 aliphatic carbocycles. The number of hydrogen-bond acceptors (Lipinski definition) is 5. The fourth-order valence-corrected chi connectivity index (χ4v) is 3.36. The number of alkyl halides is 1. The zero-order chi connectivity index (χ0) is 18.5. The molecule has 1 aromatic carbocycles. The molecule has 0 bridgehead atoms. The third-order valence-electron chi connectivity index (χ3n) is 4.34. The molecule has 0 aliphatic heterocycles. The van der Waals surface area contributed by atoms with Gasteiger partial charge in [0.2, 0.25) is 5.88 Å². The molecule has 0 unspecified atom stereocenters. The maximum absolute atomic E-state index is 6.15. The van der Waals surface area contributed by atoms with Crippen LogP contribution < -0.4 is 10.1 Å². The lowest BCUT2D eigenvalue weighted by Crippen LogP contribution is -2.30. The summed E-state index contributed by atoms with van der Waals surface area (Å²) < 4.78 is 5.29. The summed E-state index contributed by atoms with van der Waals surface area (Å²) in [6, 6.07) is 9.45. The number of likely N-dealkylation sites (N-methyl/N-ethyl adjacent to an activating group) is 1. The maximum Gasteiger partial charge on any atom is 0.213 e. The molecule has 1 N–H and O–H groups in total. The smallest absolute Gasteiger partial charge is 0.213 e. The average Bonchev–Trinajstić information content (AvgIpc) is 2.66. The molecule has 0 radical (unpaired) electrons. The van der Waals surface area contributed by atoms with Gasteiger partial charge in [-0.3, -0.25) is 0 Å². The van der Waals surface area contributed by atoms with Crippen molar-refractivity contribution >= 4 is 50.8 Å². The van der Waals surface area contributed by atoms with Gasteiger partial charge < -0.3 is 15.0 Å². The lowest BCUT2D eigenvalue weighted by atomic mass is 10.1. The van der Waals surface area contributed by atoms with Crippen molar-refractivity contribution < 1.29 is 4.74 Å². The molecular weight excluding hydrogens is 371 g/mol. The van der Waals surface area contributed by atoms with E-state index in [4.69, 9.17) is 32.9 Å². The molecule has 0 atom stereocenters. The third kappa shape index (κ3) is 4.11. The Morgan fingerprint density at radius 2 is 1.96 bits per heavy atom. The number of nitrogens with zero attached hydrogens (tertiary/aromatic N) is 3. The van der Waals surface area contributed by atoms with Gasteiger partial charge >= 0.3 is 0 Å². The number of nitrogens with one attached hydrogen (secondary N) is 1. The highest BCUT2D eigenvalue weighted by Gasteiger charge is 2.12. The highest BCUT2D eigenvalue weighted by molar-refractivity contribution is 6.31. The number of ether oxygens (including phenoxy) is 1. The van der Waals surface area contributed by atoms with Gasteiger partial charge in [-0.1, -0.05) is 18.5 Å². The number of hydrogen-bond donors (Lipinski definition) is 1. The quantitative estimate of drug-likeness (QED) is 0.454. The first-order chi connectivity index (χ1) is 12.7. The van der Waals surface area contributed by atoms with Crippen LogP contribution in [0.3, 0.4) is 0 Å². The minimum atomic E-state index is 0.563. The summed E-state index contributed by atoms with van der Waals surface area (Å²) >= 11 is 12.0. The SMILES string of the molecule is CCN(CCCl)CCNc1c2ccc(Cl)cc2nc2ccc(OC)nc12. The minimum absolute atomic E-state index is 0.563. The predicted octanol–water partition coefficient (Wildman–Crippen LogP) is 4.42. The Balaban J connectivity index is 2.00. The number of benzene rings is 1. The first-order valence-corrected chi connectivity index (χ1v) is 9.53. The second-order valence-electron chi connectivity index (χ2n) is 5.92. The molecule has 7 heteroatoms. The maximum atomic E-state index is 6.15. The van der Waals surface area contributed by atoms with Crippen LogP contribution in [0.1, 0.15) is 6.92 Å². The van der Waals surface area contributed by atoms with Crippen LogP contribution in [-0.2, 0) is 0 Å². The Morgan fingerprint density at radius 3 is 2.69 bits per heavy atom. The molecule has 0 saturated carbocycles. The second-order valence-corrected chi connectivity index (χ2v) is 6.73. The minimum Gasteiger partial charge on any atom is -0.481 e. The molecule has 0 aliphatic rings. The molecule has 0 spiro atoms. The number of halogens is 2. The first kappa shape index (κ1) is 19.0. The summed E-state index contributed by atoms with van der Waals surface area (Å²) in [6.45, 7) is 5.65. The van der Waals surface area contributed by atoms with Crippen molar-refractivity contribution in [2.75, 3.05) is 44.5 Å². The van der Waals surface area contributed by atoms with Crippen LogP contribution in [0.4, 0.5) is 5.69 Å². The largest absolute Gasteiger partial charge is 0.481 e. The highest BCUT2D eigenvalue weighted by atomic mass is 35.5. The number of pyridine rings is 2. The monoisotopic (exact) mass is 392 g/mol. The standard InChI is InChI=1S/C19H22Cl2N4O/c1-3-25(10-8-20)11-9-22-18-14-5-4-13(21)12-16(14)23-15-6-7-17(26-2)24-19(15)18/h4-7,12H,3,8-11H2,1-2H3,(H,22,23). The highest BCUT2D eigenvalue weighted by Crippen LogP contribution is 2.32. The van der Waals surface area contributed by atoms with Gasteiger partial charge in [-0.05, 0) is 30.8 Å². The van der Waals surface area contributed by atoms with Gasteiger partial charge in [0, 0.05) is 42.0 Å². The molecule has 0 amide bonds. The van der Waals surface area contributed by atoms with E-state index < -0.39 is 0 Å². The third-order valence-corrected chi connectivity index (χ3v) is 4.75. The molecule has 5 nitrogen and oxygen atoms in total. The Hall–Kier alpha value is -1.82. The van der Waals surface area contributed by atoms with E-state index in [2.05, 4.69) is 22.1 Å². The van der Waals surface area contributed by atoms with Crippen LogP contribution in [0.2, 0.25) is 5.02 Å². The zero-order valence-electron chi connectivity index (χ0n) is 14.9. The zero-order valence-corrected chi connectivity index (χ0v) is 16.4. The van der Waals surface area contributed by atoms with Crippen molar-refractivity contribution in [2.24, 2.45) is 0 Å². The van der Waals surface area contributed by atoms with Crippen molar-refractivity contribution in [2.45, 2.75) is 6.92 Å². The van der Waals surface area contributed by atoms with E-state index >= 15 is 0 Å². The topological polar surface area (TPSA) is 50.3 Å². The summed E-state index contributed by atoms with van der Waals surface area (Å²) in [5.41, 5.74) is 3.38. The Morgan fingerprint density at radius 1 is 1.12 bits per heavy atom. The molecule has 0 fully saturated rings. The summed E-state index contributed by atoms with van der Waals surface area (Å²) in [4.78, 5) is 11.6. The van der Waals surface area contributed by atoms with E-state index in [1.54, 1.807) is 7.11 Å². The van der Waals surface area contributed by atoms with Gasteiger partial charge in [0.05, 0.1) is 23.8 Å². The van der Waals surface area contributed by atoms with E-state index in [-0.39, 0.29) is 0 Å². The van der Waals surface area contributed by atoms with Crippen molar-refractivity contribution in [3.05, 3.63) is 35.4 Å². The molecule has 138 valence electrons. The van der Waals surface area contributed by atoms with Gasteiger partial charge in [0.1, 0.15) is 5.52 Å². The van der Waals surface area contributed by atoms with E-state index in [1.807, 2.05) is 30.3 Å². The lowest BCUT2D eigenvalue weighted by molar-refractivity contribution is 0.318. The van der Waals surface area contributed by atoms with Crippen LogP contribution in [0.15, 0.2) is 30.3 Å². The van der Waals surface area contributed by atoms with Crippen molar-refractivity contribution in [3.8, 4) is 5.88 Å². The van der Waals surface area contributed by atoms with E-state index in [1.165, 1.54) is 0 Å². The van der Waals surface area contributed by atoms with Crippen molar-refractivity contribution in [1.29, 1.82) is 0 Å².